The van der Waals surface area contributed by atoms with Gasteiger partial charge in [-0.2, -0.15) is 16.7 Å². The molecule has 0 unspecified atom stereocenters. The lowest BCUT2D eigenvalue weighted by atomic mass is 10.1. The Hall–Kier alpha value is -2.01. The Morgan fingerprint density at radius 1 is 1.19 bits per heavy atom. The third-order valence-electron chi connectivity index (χ3n) is 3.14. The number of thioether (sulfide) groups is 1. The molecule has 0 aliphatic heterocycles. The molecule has 0 saturated carbocycles. The molecule has 0 bridgehead atoms. The first-order chi connectivity index (χ1) is 10.3. The first-order valence-corrected chi connectivity index (χ1v) is 8.06. The van der Waals surface area contributed by atoms with Gasteiger partial charge >= 0.3 is 0 Å². The molecule has 0 aliphatic carbocycles. The van der Waals surface area contributed by atoms with Crippen LogP contribution in [0.25, 0.3) is 22.2 Å². The number of phenolic OH excluding ortho intramolecular Hbond substituents is 1. The van der Waals surface area contributed by atoms with E-state index >= 15 is 0 Å². The van der Waals surface area contributed by atoms with E-state index in [1.807, 2.05) is 30.3 Å². The van der Waals surface area contributed by atoms with Crippen molar-refractivity contribution in [3.8, 4) is 17.2 Å². The number of aromatic hydroxyl groups is 1. The second kappa shape index (κ2) is 6.18. The van der Waals surface area contributed by atoms with Crippen LogP contribution in [0.3, 0.4) is 0 Å². The predicted molar refractivity (Wildman–Crippen MR) is 85.4 cm³/mol. The Labute approximate surface area is 127 Å². The van der Waals surface area contributed by atoms with Gasteiger partial charge in [-0.25, -0.2) is 0 Å². The molecule has 0 radical (unpaired) electrons. The number of nitrogens with zero attached hydrogens (tertiary/aromatic N) is 2. The summed E-state index contributed by atoms with van der Waals surface area (Å²) in [4.78, 5) is 4.36. The Morgan fingerprint density at radius 2 is 1.95 bits per heavy atom. The van der Waals surface area contributed by atoms with Crippen LogP contribution in [0.15, 0.2) is 40.9 Å². The average molecular weight is 300 g/mol. The molecule has 5 heteroatoms. The highest BCUT2D eigenvalue weighted by atomic mass is 32.2. The van der Waals surface area contributed by atoms with Crippen LogP contribution in [-0.4, -0.2) is 21.0 Å². The van der Waals surface area contributed by atoms with E-state index in [-0.39, 0.29) is 5.75 Å². The maximum Gasteiger partial charge on any atom is 0.261 e. The summed E-state index contributed by atoms with van der Waals surface area (Å²) in [6, 6.07) is 11.5. The summed E-state index contributed by atoms with van der Waals surface area (Å²) in [6.07, 6.45) is 1.13. The van der Waals surface area contributed by atoms with Crippen LogP contribution >= 0.6 is 11.8 Å². The highest BCUT2D eigenvalue weighted by molar-refractivity contribution is 7.98. The number of phenols is 1. The molecule has 0 fully saturated rings. The molecule has 4 nitrogen and oxygen atoms in total. The Bertz CT molecular complexity index is 755. The summed E-state index contributed by atoms with van der Waals surface area (Å²) in [5, 5.41) is 16.1. The van der Waals surface area contributed by atoms with Gasteiger partial charge in [-0.15, -0.1) is 0 Å². The summed E-state index contributed by atoms with van der Waals surface area (Å²) in [5.74, 6) is 2.99. The molecule has 0 saturated heterocycles. The van der Waals surface area contributed by atoms with Crippen LogP contribution in [0, 0.1) is 0 Å². The molecule has 108 valence electrons. The molecule has 0 atom stereocenters. The van der Waals surface area contributed by atoms with E-state index in [4.69, 9.17) is 4.52 Å². The van der Waals surface area contributed by atoms with E-state index in [0.29, 0.717) is 17.3 Å². The Kier molecular flexibility index (Phi) is 4.10. The lowest BCUT2D eigenvalue weighted by molar-refractivity contribution is 0.420. The fourth-order valence-electron chi connectivity index (χ4n) is 2.13. The Balaban J connectivity index is 1.91. The molecular formula is C16H16N2O2S. The molecule has 0 amide bonds. The first-order valence-electron chi connectivity index (χ1n) is 6.90. The molecule has 3 aromatic rings. The van der Waals surface area contributed by atoms with Crippen molar-refractivity contribution in [1.29, 1.82) is 0 Å². The average Bonchev–Trinajstić information content (AvgIpc) is 2.95. The van der Waals surface area contributed by atoms with Crippen molar-refractivity contribution in [1.82, 2.24) is 10.1 Å². The smallest absolute Gasteiger partial charge is 0.261 e. The molecule has 21 heavy (non-hydrogen) atoms. The molecule has 1 aromatic heterocycles. The third-order valence-corrected chi connectivity index (χ3v) is 4.30. The van der Waals surface area contributed by atoms with Gasteiger partial charge in [0.2, 0.25) is 0 Å². The number of hydrogen-bond donors (Lipinski definition) is 1. The van der Waals surface area contributed by atoms with Crippen molar-refractivity contribution >= 4 is 22.5 Å². The van der Waals surface area contributed by atoms with Crippen LogP contribution in [-0.2, 0) is 5.75 Å². The highest BCUT2D eigenvalue weighted by Crippen LogP contribution is 2.32. The van der Waals surface area contributed by atoms with Crippen molar-refractivity contribution in [3.63, 3.8) is 0 Å². The molecule has 0 spiro atoms. The summed E-state index contributed by atoms with van der Waals surface area (Å²) in [5.41, 5.74) is 0.577. The lowest BCUT2D eigenvalue weighted by Gasteiger charge is -2.02. The normalized spacial score (nSPS) is 11.1. The molecule has 2 aromatic carbocycles. The van der Waals surface area contributed by atoms with Gasteiger partial charge in [0.05, 0.1) is 11.3 Å². The van der Waals surface area contributed by atoms with Crippen molar-refractivity contribution in [2.45, 2.75) is 19.1 Å². The predicted octanol–water partition coefficient (Wildman–Crippen LogP) is 4.24. The Morgan fingerprint density at radius 3 is 2.71 bits per heavy atom. The largest absolute Gasteiger partial charge is 0.507 e. The zero-order valence-electron chi connectivity index (χ0n) is 11.7. The van der Waals surface area contributed by atoms with Crippen LogP contribution in [0.4, 0.5) is 0 Å². The zero-order chi connectivity index (χ0) is 14.7. The minimum atomic E-state index is 0.158. The monoisotopic (exact) mass is 300 g/mol. The fraction of sp³-hybridized carbons (Fsp3) is 0.250. The number of aromatic nitrogens is 2. The number of rotatable bonds is 5. The minimum absolute atomic E-state index is 0.158. The van der Waals surface area contributed by atoms with E-state index in [2.05, 4.69) is 17.1 Å². The SMILES string of the molecule is CCCSCc1noc(-c2cc3ccccc3cc2O)n1. The van der Waals surface area contributed by atoms with Gasteiger partial charge in [-0.3, -0.25) is 0 Å². The zero-order valence-corrected chi connectivity index (χ0v) is 12.6. The van der Waals surface area contributed by atoms with Gasteiger partial charge in [0, 0.05) is 0 Å². The summed E-state index contributed by atoms with van der Waals surface area (Å²) >= 11 is 1.77. The highest BCUT2D eigenvalue weighted by Gasteiger charge is 2.13. The van der Waals surface area contributed by atoms with Crippen LogP contribution < -0.4 is 0 Å². The number of benzene rings is 2. The first kappa shape index (κ1) is 13.9. The second-order valence-electron chi connectivity index (χ2n) is 4.78. The van der Waals surface area contributed by atoms with Gasteiger partial charge in [0.15, 0.2) is 5.82 Å². The standard InChI is InChI=1S/C16H16N2O2S/c1-2-7-21-10-15-17-16(20-18-15)13-8-11-5-3-4-6-12(11)9-14(13)19/h3-6,8-9,19H,2,7,10H2,1H3. The summed E-state index contributed by atoms with van der Waals surface area (Å²) in [6.45, 7) is 2.14. The van der Waals surface area contributed by atoms with Crippen molar-refractivity contribution < 1.29 is 9.63 Å². The number of hydrogen-bond acceptors (Lipinski definition) is 5. The maximum atomic E-state index is 10.2. The van der Waals surface area contributed by atoms with Crippen molar-refractivity contribution in [2.75, 3.05) is 5.75 Å². The van der Waals surface area contributed by atoms with Crippen molar-refractivity contribution in [2.24, 2.45) is 0 Å². The quantitative estimate of drug-likeness (QED) is 0.714. The van der Waals surface area contributed by atoms with Gasteiger partial charge in [-0.05, 0) is 35.1 Å². The van der Waals surface area contributed by atoms with E-state index in [0.717, 1.165) is 28.7 Å². The molecule has 3 rings (SSSR count). The van der Waals surface area contributed by atoms with Gasteiger partial charge in [0.25, 0.3) is 5.89 Å². The van der Waals surface area contributed by atoms with Crippen LogP contribution in [0.2, 0.25) is 0 Å². The van der Waals surface area contributed by atoms with Gasteiger partial charge in [0.1, 0.15) is 5.75 Å². The maximum absolute atomic E-state index is 10.2. The topological polar surface area (TPSA) is 59.2 Å². The van der Waals surface area contributed by atoms with E-state index in [9.17, 15) is 5.11 Å². The van der Waals surface area contributed by atoms with E-state index in [1.165, 1.54) is 0 Å². The molecule has 1 heterocycles. The van der Waals surface area contributed by atoms with Crippen molar-refractivity contribution in [3.05, 3.63) is 42.2 Å². The molecule has 0 aliphatic rings. The van der Waals surface area contributed by atoms with E-state index < -0.39 is 0 Å². The second-order valence-corrected chi connectivity index (χ2v) is 5.89. The third kappa shape index (κ3) is 3.03. The van der Waals surface area contributed by atoms with Crippen LogP contribution in [0.1, 0.15) is 19.2 Å². The number of fused-ring (bicyclic) bond motifs is 1. The molecular weight excluding hydrogens is 284 g/mol. The minimum Gasteiger partial charge on any atom is -0.507 e. The summed E-state index contributed by atoms with van der Waals surface area (Å²) < 4.78 is 5.28. The van der Waals surface area contributed by atoms with Crippen LogP contribution in [0.5, 0.6) is 5.75 Å². The molecule has 1 N–H and O–H groups in total. The van der Waals surface area contributed by atoms with Gasteiger partial charge < -0.3 is 9.63 Å². The van der Waals surface area contributed by atoms with E-state index in [1.54, 1.807) is 17.8 Å². The van der Waals surface area contributed by atoms with Gasteiger partial charge in [-0.1, -0.05) is 36.3 Å². The lowest BCUT2D eigenvalue weighted by Crippen LogP contribution is -1.86. The summed E-state index contributed by atoms with van der Waals surface area (Å²) in [7, 11) is 0. The fourth-order valence-corrected chi connectivity index (χ4v) is 2.86.